The Labute approximate surface area is 96.4 Å². The van der Waals surface area contributed by atoms with Gasteiger partial charge in [0.05, 0.1) is 12.0 Å². The third-order valence-corrected chi connectivity index (χ3v) is 2.31. The van der Waals surface area contributed by atoms with Gasteiger partial charge in [-0.25, -0.2) is 0 Å². The van der Waals surface area contributed by atoms with Crippen LogP contribution in [0.5, 0.6) is 0 Å². The van der Waals surface area contributed by atoms with Crippen molar-refractivity contribution in [3.8, 4) is 0 Å². The standard InChI is InChI=1S/C12H11F3O2/c13-12(14,15)11-4-2-1-3-9(11)5-6-10(17)7-8-16/h1-4,8H,5-7H2. The van der Waals surface area contributed by atoms with Crippen LogP contribution in [0.15, 0.2) is 24.3 Å². The number of alkyl halides is 3. The second kappa shape index (κ2) is 5.61. The third-order valence-electron chi connectivity index (χ3n) is 2.31. The molecular weight excluding hydrogens is 233 g/mol. The van der Waals surface area contributed by atoms with Crippen LogP contribution in [0.3, 0.4) is 0 Å². The fourth-order valence-corrected chi connectivity index (χ4v) is 1.48. The summed E-state index contributed by atoms with van der Waals surface area (Å²) in [7, 11) is 0. The lowest BCUT2D eigenvalue weighted by Crippen LogP contribution is -2.10. The van der Waals surface area contributed by atoms with Gasteiger partial charge in [-0.05, 0) is 18.1 Å². The normalized spacial score (nSPS) is 11.2. The molecule has 0 heterocycles. The van der Waals surface area contributed by atoms with Crippen LogP contribution in [0.25, 0.3) is 0 Å². The summed E-state index contributed by atoms with van der Waals surface area (Å²) >= 11 is 0. The molecule has 0 N–H and O–H groups in total. The molecule has 0 amide bonds. The largest absolute Gasteiger partial charge is 0.416 e. The predicted octanol–water partition coefficient (Wildman–Crippen LogP) is 2.80. The van der Waals surface area contributed by atoms with Crippen molar-refractivity contribution in [1.29, 1.82) is 0 Å². The maximum Gasteiger partial charge on any atom is 0.416 e. The van der Waals surface area contributed by atoms with E-state index in [1.165, 1.54) is 18.2 Å². The quantitative estimate of drug-likeness (QED) is 0.589. The van der Waals surface area contributed by atoms with E-state index in [2.05, 4.69) is 0 Å². The highest BCUT2D eigenvalue weighted by Gasteiger charge is 2.32. The van der Waals surface area contributed by atoms with Gasteiger partial charge in [-0.2, -0.15) is 13.2 Å². The summed E-state index contributed by atoms with van der Waals surface area (Å²) in [4.78, 5) is 21.1. The Morgan fingerprint density at radius 3 is 2.47 bits per heavy atom. The second-order valence-corrected chi connectivity index (χ2v) is 3.56. The van der Waals surface area contributed by atoms with Crippen molar-refractivity contribution in [2.75, 3.05) is 0 Å². The van der Waals surface area contributed by atoms with E-state index >= 15 is 0 Å². The fraction of sp³-hybridized carbons (Fsp3) is 0.333. The highest BCUT2D eigenvalue weighted by Crippen LogP contribution is 2.32. The molecule has 0 fully saturated rings. The zero-order valence-electron chi connectivity index (χ0n) is 8.96. The van der Waals surface area contributed by atoms with E-state index in [-0.39, 0.29) is 30.6 Å². The molecule has 1 rings (SSSR count). The molecule has 17 heavy (non-hydrogen) atoms. The number of ketones is 1. The SMILES string of the molecule is O=CCC(=O)CCc1ccccc1C(F)(F)F. The van der Waals surface area contributed by atoms with Crippen molar-refractivity contribution in [3.05, 3.63) is 35.4 Å². The number of aryl methyl sites for hydroxylation is 1. The van der Waals surface area contributed by atoms with Crippen molar-refractivity contribution in [3.63, 3.8) is 0 Å². The van der Waals surface area contributed by atoms with Gasteiger partial charge in [-0.3, -0.25) is 4.79 Å². The van der Waals surface area contributed by atoms with Crippen LogP contribution >= 0.6 is 0 Å². The molecule has 0 radical (unpaired) electrons. The monoisotopic (exact) mass is 244 g/mol. The van der Waals surface area contributed by atoms with E-state index in [0.29, 0.717) is 6.29 Å². The molecule has 2 nitrogen and oxygen atoms in total. The van der Waals surface area contributed by atoms with Crippen molar-refractivity contribution < 1.29 is 22.8 Å². The average molecular weight is 244 g/mol. The topological polar surface area (TPSA) is 34.1 Å². The summed E-state index contributed by atoms with van der Waals surface area (Å²) in [6.07, 6.45) is -4.25. The number of hydrogen-bond donors (Lipinski definition) is 0. The molecule has 92 valence electrons. The lowest BCUT2D eigenvalue weighted by Gasteiger charge is -2.11. The lowest BCUT2D eigenvalue weighted by atomic mass is 10.0. The first-order valence-electron chi connectivity index (χ1n) is 5.05. The van der Waals surface area contributed by atoms with E-state index in [1.807, 2.05) is 0 Å². The number of carbonyl (C=O) groups is 2. The van der Waals surface area contributed by atoms with Gasteiger partial charge in [0.1, 0.15) is 12.1 Å². The molecule has 0 atom stereocenters. The summed E-state index contributed by atoms with van der Waals surface area (Å²) in [5.41, 5.74) is -0.641. The molecular formula is C12H11F3O2. The molecule has 0 aromatic heterocycles. The van der Waals surface area contributed by atoms with Crippen LogP contribution < -0.4 is 0 Å². The van der Waals surface area contributed by atoms with Crippen LogP contribution in [-0.2, 0) is 22.2 Å². The van der Waals surface area contributed by atoms with Gasteiger partial charge in [-0.1, -0.05) is 18.2 Å². The smallest absolute Gasteiger partial charge is 0.303 e. The summed E-state index contributed by atoms with van der Waals surface area (Å²) < 4.78 is 37.7. The maximum absolute atomic E-state index is 12.6. The molecule has 0 bridgehead atoms. The van der Waals surface area contributed by atoms with Crippen molar-refractivity contribution in [2.24, 2.45) is 0 Å². The minimum Gasteiger partial charge on any atom is -0.303 e. The zero-order valence-corrected chi connectivity index (χ0v) is 8.96. The highest BCUT2D eigenvalue weighted by molar-refractivity contribution is 5.89. The van der Waals surface area contributed by atoms with Gasteiger partial charge in [0, 0.05) is 6.42 Å². The molecule has 1 aromatic rings. The Morgan fingerprint density at radius 1 is 1.24 bits per heavy atom. The predicted molar refractivity (Wildman–Crippen MR) is 55.5 cm³/mol. The molecule has 0 spiro atoms. The van der Waals surface area contributed by atoms with E-state index in [1.54, 1.807) is 0 Å². The number of Topliss-reactive ketones (excluding diaryl/α,β-unsaturated/α-hetero) is 1. The van der Waals surface area contributed by atoms with Gasteiger partial charge in [0.25, 0.3) is 0 Å². The molecule has 0 aliphatic heterocycles. The van der Waals surface area contributed by atoms with Gasteiger partial charge in [0.15, 0.2) is 0 Å². The van der Waals surface area contributed by atoms with E-state index in [9.17, 15) is 22.8 Å². The molecule has 1 aromatic carbocycles. The second-order valence-electron chi connectivity index (χ2n) is 3.56. The first-order chi connectivity index (χ1) is 7.95. The minimum atomic E-state index is -4.41. The zero-order chi connectivity index (χ0) is 12.9. The first-order valence-corrected chi connectivity index (χ1v) is 5.05. The Morgan fingerprint density at radius 2 is 1.88 bits per heavy atom. The van der Waals surface area contributed by atoms with Crippen molar-refractivity contribution in [1.82, 2.24) is 0 Å². The minimum absolute atomic E-state index is 0.00234. The highest BCUT2D eigenvalue weighted by atomic mass is 19.4. The summed E-state index contributed by atoms with van der Waals surface area (Å²) in [5.74, 6) is -0.350. The van der Waals surface area contributed by atoms with E-state index in [4.69, 9.17) is 0 Å². The van der Waals surface area contributed by atoms with Crippen LogP contribution in [0, 0.1) is 0 Å². The Bertz CT molecular complexity index is 410. The summed E-state index contributed by atoms with van der Waals surface area (Å²) in [6, 6.07) is 5.13. The van der Waals surface area contributed by atoms with E-state index in [0.717, 1.165) is 6.07 Å². The molecule has 0 saturated carbocycles. The van der Waals surface area contributed by atoms with Crippen molar-refractivity contribution >= 4 is 12.1 Å². The van der Waals surface area contributed by atoms with Crippen LogP contribution in [0.4, 0.5) is 13.2 Å². The van der Waals surface area contributed by atoms with Gasteiger partial charge in [0.2, 0.25) is 0 Å². The Balaban J connectivity index is 2.78. The van der Waals surface area contributed by atoms with E-state index < -0.39 is 11.7 Å². The first kappa shape index (κ1) is 13.4. The Kier molecular flexibility index (Phi) is 4.43. The van der Waals surface area contributed by atoms with Crippen LogP contribution in [0.2, 0.25) is 0 Å². The molecule has 0 unspecified atom stereocenters. The van der Waals surface area contributed by atoms with Gasteiger partial charge < -0.3 is 4.79 Å². The van der Waals surface area contributed by atoms with Crippen molar-refractivity contribution in [2.45, 2.75) is 25.4 Å². The number of carbonyl (C=O) groups excluding carboxylic acids is 2. The summed E-state index contributed by atoms with van der Waals surface area (Å²) in [5, 5.41) is 0. The molecule has 0 aliphatic rings. The third kappa shape index (κ3) is 4.01. The van der Waals surface area contributed by atoms with Crippen LogP contribution in [0.1, 0.15) is 24.0 Å². The Hall–Kier alpha value is -1.65. The molecule has 0 aliphatic carbocycles. The number of aldehydes is 1. The molecule has 5 heteroatoms. The summed E-state index contributed by atoms with van der Waals surface area (Å²) in [6.45, 7) is 0. The van der Waals surface area contributed by atoms with Gasteiger partial charge in [-0.15, -0.1) is 0 Å². The lowest BCUT2D eigenvalue weighted by molar-refractivity contribution is -0.138. The molecule has 0 saturated heterocycles. The van der Waals surface area contributed by atoms with Crippen LogP contribution in [-0.4, -0.2) is 12.1 Å². The fourth-order valence-electron chi connectivity index (χ4n) is 1.48. The van der Waals surface area contributed by atoms with Gasteiger partial charge >= 0.3 is 6.18 Å². The number of halogens is 3. The average Bonchev–Trinajstić information content (AvgIpc) is 2.26. The number of rotatable bonds is 5. The number of hydrogen-bond acceptors (Lipinski definition) is 2. The maximum atomic E-state index is 12.6. The number of benzene rings is 1.